The highest BCUT2D eigenvalue weighted by molar-refractivity contribution is 6.03. The van der Waals surface area contributed by atoms with Gasteiger partial charge in [0, 0.05) is 6.07 Å². The molecule has 2 aromatic rings. The van der Waals surface area contributed by atoms with Crippen molar-refractivity contribution >= 4 is 17.3 Å². The van der Waals surface area contributed by atoms with Gasteiger partial charge in [-0.05, 0) is 31.5 Å². The molecule has 88 valence electrons. The van der Waals surface area contributed by atoms with Gasteiger partial charge in [-0.1, -0.05) is 11.2 Å². The summed E-state index contributed by atoms with van der Waals surface area (Å²) in [6.45, 7) is 3.68. The number of nitrogens with one attached hydrogen (secondary N) is 1. The van der Waals surface area contributed by atoms with Gasteiger partial charge in [0.25, 0.3) is 5.91 Å². The summed E-state index contributed by atoms with van der Waals surface area (Å²) in [7, 11) is 0. The SMILES string of the molecule is Cc1ccc(NC(=O)c2cc(C)no2)c(N)c1. The van der Waals surface area contributed by atoms with Gasteiger partial charge in [0.2, 0.25) is 5.76 Å². The van der Waals surface area contributed by atoms with Crippen molar-refractivity contribution < 1.29 is 9.32 Å². The molecule has 0 radical (unpaired) electrons. The van der Waals surface area contributed by atoms with E-state index in [-0.39, 0.29) is 11.7 Å². The zero-order valence-corrected chi connectivity index (χ0v) is 9.65. The Bertz CT molecular complexity index is 561. The second-order valence-electron chi connectivity index (χ2n) is 3.88. The van der Waals surface area contributed by atoms with Crippen LogP contribution in [0, 0.1) is 13.8 Å². The summed E-state index contributed by atoms with van der Waals surface area (Å²) in [5.41, 5.74) is 8.58. The van der Waals surface area contributed by atoms with Crippen molar-refractivity contribution in [1.29, 1.82) is 0 Å². The molecule has 1 amide bonds. The average molecular weight is 231 g/mol. The number of hydrogen-bond acceptors (Lipinski definition) is 4. The zero-order chi connectivity index (χ0) is 12.4. The number of anilines is 2. The van der Waals surface area contributed by atoms with E-state index in [2.05, 4.69) is 10.5 Å². The number of hydrogen-bond donors (Lipinski definition) is 2. The van der Waals surface area contributed by atoms with E-state index in [1.165, 1.54) is 0 Å². The summed E-state index contributed by atoms with van der Waals surface area (Å²) in [6, 6.07) is 6.99. The summed E-state index contributed by atoms with van der Waals surface area (Å²) < 4.78 is 4.86. The number of rotatable bonds is 2. The molecule has 0 saturated heterocycles. The molecule has 5 heteroatoms. The lowest BCUT2D eigenvalue weighted by Crippen LogP contribution is -2.12. The standard InChI is InChI=1S/C12H13N3O2/c1-7-3-4-10(9(13)5-7)14-12(16)11-6-8(2)15-17-11/h3-6H,13H2,1-2H3,(H,14,16). The van der Waals surface area contributed by atoms with Crippen LogP contribution in [0.5, 0.6) is 0 Å². The lowest BCUT2D eigenvalue weighted by atomic mass is 10.2. The maximum absolute atomic E-state index is 11.8. The van der Waals surface area contributed by atoms with Crippen LogP contribution in [-0.4, -0.2) is 11.1 Å². The van der Waals surface area contributed by atoms with Crippen molar-refractivity contribution in [1.82, 2.24) is 5.16 Å². The number of carbonyl (C=O) groups excluding carboxylic acids is 1. The number of nitrogen functional groups attached to an aromatic ring is 1. The second kappa shape index (κ2) is 4.29. The van der Waals surface area contributed by atoms with Gasteiger partial charge < -0.3 is 15.6 Å². The van der Waals surface area contributed by atoms with Crippen LogP contribution in [0.15, 0.2) is 28.8 Å². The van der Waals surface area contributed by atoms with Crippen LogP contribution < -0.4 is 11.1 Å². The molecule has 5 nitrogen and oxygen atoms in total. The van der Waals surface area contributed by atoms with E-state index in [1.54, 1.807) is 25.1 Å². The van der Waals surface area contributed by atoms with Gasteiger partial charge in [0.1, 0.15) is 0 Å². The summed E-state index contributed by atoms with van der Waals surface area (Å²) in [5.74, 6) is -0.191. The molecule has 1 heterocycles. The first kappa shape index (κ1) is 11.2. The predicted molar refractivity (Wildman–Crippen MR) is 64.8 cm³/mol. The number of carbonyl (C=O) groups is 1. The first-order chi connectivity index (χ1) is 8.06. The fourth-order valence-corrected chi connectivity index (χ4v) is 1.45. The molecule has 0 bridgehead atoms. The van der Waals surface area contributed by atoms with Crippen LogP contribution in [0.4, 0.5) is 11.4 Å². The van der Waals surface area contributed by atoms with Gasteiger partial charge in [0.15, 0.2) is 0 Å². The number of amides is 1. The number of nitrogens with zero attached hydrogens (tertiary/aromatic N) is 1. The van der Waals surface area contributed by atoms with Crippen LogP contribution in [0.1, 0.15) is 21.8 Å². The van der Waals surface area contributed by atoms with Gasteiger partial charge in [0.05, 0.1) is 17.1 Å². The average Bonchev–Trinajstić information content (AvgIpc) is 2.69. The van der Waals surface area contributed by atoms with Crippen molar-refractivity contribution in [3.05, 3.63) is 41.3 Å². The molecule has 0 atom stereocenters. The van der Waals surface area contributed by atoms with Crippen molar-refractivity contribution in [2.24, 2.45) is 0 Å². The fourth-order valence-electron chi connectivity index (χ4n) is 1.45. The van der Waals surface area contributed by atoms with Crippen LogP contribution in [0.25, 0.3) is 0 Å². The van der Waals surface area contributed by atoms with Crippen LogP contribution in [-0.2, 0) is 0 Å². The topological polar surface area (TPSA) is 81.2 Å². The second-order valence-corrected chi connectivity index (χ2v) is 3.88. The van der Waals surface area contributed by atoms with E-state index >= 15 is 0 Å². The smallest absolute Gasteiger partial charge is 0.294 e. The van der Waals surface area contributed by atoms with Gasteiger partial charge in [-0.3, -0.25) is 4.79 Å². The van der Waals surface area contributed by atoms with Crippen molar-refractivity contribution in [2.45, 2.75) is 13.8 Å². The highest BCUT2D eigenvalue weighted by Crippen LogP contribution is 2.20. The van der Waals surface area contributed by atoms with Gasteiger partial charge in [-0.15, -0.1) is 0 Å². The monoisotopic (exact) mass is 231 g/mol. The number of aromatic nitrogens is 1. The molecule has 0 unspecified atom stereocenters. The van der Waals surface area contributed by atoms with Gasteiger partial charge in [-0.2, -0.15) is 0 Å². The summed E-state index contributed by atoms with van der Waals surface area (Å²) >= 11 is 0. The first-order valence-electron chi connectivity index (χ1n) is 5.17. The quantitative estimate of drug-likeness (QED) is 0.776. The molecule has 17 heavy (non-hydrogen) atoms. The molecule has 0 aliphatic carbocycles. The Morgan fingerprint density at radius 1 is 1.35 bits per heavy atom. The van der Waals surface area contributed by atoms with Crippen molar-refractivity contribution in [3.8, 4) is 0 Å². The van der Waals surface area contributed by atoms with E-state index < -0.39 is 0 Å². The molecule has 1 aromatic heterocycles. The fraction of sp³-hybridized carbons (Fsp3) is 0.167. The summed E-state index contributed by atoms with van der Waals surface area (Å²) in [4.78, 5) is 11.8. The molecular weight excluding hydrogens is 218 g/mol. The Morgan fingerprint density at radius 3 is 2.71 bits per heavy atom. The van der Waals surface area contributed by atoms with Crippen LogP contribution in [0.2, 0.25) is 0 Å². The van der Waals surface area contributed by atoms with Gasteiger partial charge in [-0.25, -0.2) is 0 Å². The number of benzene rings is 1. The molecular formula is C12H13N3O2. The molecule has 0 saturated carbocycles. The van der Waals surface area contributed by atoms with Crippen molar-refractivity contribution in [3.63, 3.8) is 0 Å². The maximum Gasteiger partial charge on any atom is 0.294 e. The Labute approximate surface area is 98.6 Å². The lowest BCUT2D eigenvalue weighted by Gasteiger charge is -2.06. The Balaban J connectivity index is 2.18. The van der Waals surface area contributed by atoms with E-state index in [1.807, 2.05) is 13.0 Å². The normalized spacial score (nSPS) is 10.2. The Hall–Kier alpha value is -2.30. The molecule has 1 aromatic carbocycles. The van der Waals surface area contributed by atoms with E-state index in [9.17, 15) is 4.79 Å². The van der Waals surface area contributed by atoms with Crippen LogP contribution >= 0.6 is 0 Å². The first-order valence-corrected chi connectivity index (χ1v) is 5.17. The zero-order valence-electron chi connectivity index (χ0n) is 9.65. The molecule has 0 fully saturated rings. The highest BCUT2D eigenvalue weighted by Gasteiger charge is 2.12. The minimum Gasteiger partial charge on any atom is -0.397 e. The third kappa shape index (κ3) is 2.44. The number of aryl methyl sites for hydroxylation is 2. The lowest BCUT2D eigenvalue weighted by molar-refractivity contribution is 0.0988. The number of nitrogens with two attached hydrogens (primary N) is 1. The van der Waals surface area contributed by atoms with E-state index in [0.29, 0.717) is 17.1 Å². The van der Waals surface area contributed by atoms with E-state index in [4.69, 9.17) is 10.3 Å². The Kier molecular flexibility index (Phi) is 2.82. The highest BCUT2D eigenvalue weighted by atomic mass is 16.5. The predicted octanol–water partition coefficient (Wildman–Crippen LogP) is 2.13. The van der Waals surface area contributed by atoms with Crippen molar-refractivity contribution in [2.75, 3.05) is 11.1 Å². The van der Waals surface area contributed by atoms with Gasteiger partial charge >= 0.3 is 0 Å². The van der Waals surface area contributed by atoms with Crippen LogP contribution in [0.3, 0.4) is 0 Å². The Morgan fingerprint density at radius 2 is 2.12 bits per heavy atom. The molecule has 2 rings (SSSR count). The molecule has 3 N–H and O–H groups in total. The minimum atomic E-state index is -0.360. The third-order valence-electron chi connectivity index (χ3n) is 2.31. The van der Waals surface area contributed by atoms with E-state index in [0.717, 1.165) is 5.56 Å². The largest absolute Gasteiger partial charge is 0.397 e. The molecule has 0 spiro atoms. The summed E-state index contributed by atoms with van der Waals surface area (Å²) in [6.07, 6.45) is 0. The summed E-state index contributed by atoms with van der Waals surface area (Å²) in [5, 5.41) is 6.32. The molecule has 0 aliphatic rings. The minimum absolute atomic E-state index is 0.169. The molecule has 0 aliphatic heterocycles. The maximum atomic E-state index is 11.8. The third-order valence-corrected chi connectivity index (χ3v) is 2.31.